The van der Waals surface area contributed by atoms with Gasteiger partial charge in [-0.3, -0.25) is 9.80 Å². The zero-order chi connectivity index (χ0) is 16.3. The minimum Gasteiger partial charge on any atom is -0.496 e. The molecular weight excluding hydrogens is 312 g/mol. The van der Waals surface area contributed by atoms with Crippen LogP contribution in [-0.4, -0.2) is 69.1 Å². The summed E-state index contributed by atoms with van der Waals surface area (Å²) in [5.41, 5.74) is 1.23. The highest BCUT2D eigenvalue weighted by Gasteiger charge is 2.29. The Morgan fingerprint density at radius 3 is 2.39 bits per heavy atom. The summed E-state index contributed by atoms with van der Waals surface area (Å²) in [6.07, 6.45) is 2.24. The van der Waals surface area contributed by atoms with Crippen LogP contribution in [0.2, 0.25) is 0 Å². The smallest absolute Gasteiger partial charge is 0.152 e. The van der Waals surface area contributed by atoms with E-state index in [0.29, 0.717) is 30.6 Å². The first-order valence-electron chi connectivity index (χ1n) is 8.36. The van der Waals surface area contributed by atoms with E-state index in [1.807, 2.05) is 12.1 Å². The van der Waals surface area contributed by atoms with E-state index >= 15 is 0 Å². The molecule has 2 aliphatic heterocycles. The molecule has 2 fully saturated rings. The Bertz CT molecular complexity index is 610. The predicted molar refractivity (Wildman–Crippen MR) is 91.5 cm³/mol. The largest absolute Gasteiger partial charge is 0.496 e. The van der Waals surface area contributed by atoms with E-state index in [-0.39, 0.29) is 0 Å². The van der Waals surface area contributed by atoms with Crippen molar-refractivity contribution >= 4 is 9.84 Å². The van der Waals surface area contributed by atoms with E-state index in [4.69, 9.17) is 4.74 Å². The number of likely N-dealkylation sites (tertiary alicyclic amines) is 1. The van der Waals surface area contributed by atoms with Crippen molar-refractivity contribution in [2.75, 3.05) is 44.8 Å². The zero-order valence-electron chi connectivity index (χ0n) is 13.8. The van der Waals surface area contributed by atoms with Gasteiger partial charge in [-0.2, -0.15) is 0 Å². The summed E-state index contributed by atoms with van der Waals surface area (Å²) < 4.78 is 28.5. The minimum absolute atomic E-state index is 0.328. The lowest BCUT2D eigenvalue weighted by Gasteiger charge is -2.40. The molecule has 2 aliphatic rings. The van der Waals surface area contributed by atoms with E-state index < -0.39 is 9.84 Å². The first-order valence-corrected chi connectivity index (χ1v) is 10.2. The Kier molecular flexibility index (Phi) is 5.24. The number of sulfone groups is 1. The molecule has 0 amide bonds. The summed E-state index contributed by atoms with van der Waals surface area (Å²) in [6, 6.07) is 8.73. The molecule has 0 aromatic heterocycles. The molecule has 1 aromatic rings. The lowest BCUT2D eigenvalue weighted by atomic mass is 10.0. The first kappa shape index (κ1) is 16.7. The Morgan fingerprint density at radius 2 is 1.74 bits per heavy atom. The van der Waals surface area contributed by atoms with Gasteiger partial charge in [0, 0.05) is 31.2 Å². The highest BCUT2D eigenvalue weighted by atomic mass is 32.2. The predicted octanol–water partition coefficient (Wildman–Crippen LogP) is 1.39. The molecule has 2 heterocycles. The molecule has 3 rings (SSSR count). The fourth-order valence-corrected chi connectivity index (χ4v) is 4.84. The molecule has 6 heteroatoms. The summed E-state index contributed by atoms with van der Waals surface area (Å²) in [5, 5.41) is 0. The van der Waals surface area contributed by atoms with Crippen LogP contribution in [-0.2, 0) is 16.4 Å². The van der Waals surface area contributed by atoms with Crippen LogP contribution in [0.25, 0.3) is 0 Å². The van der Waals surface area contributed by atoms with Crippen LogP contribution in [0.4, 0.5) is 0 Å². The van der Waals surface area contributed by atoms with Crippen molar-refractivity contribution in [1.82, 2.24) is 9.80 Å². The van der Waals surface area contributed by atoms with Crippen LogP contribution in [0.15, 0.2) is 24.3 Å². The molecular formula is C17H26N2O3S. The standard InChI is InChI=1S/C17H26N2O3S/c1-22-17-5-3-2-4-15(17)14-18-8-6-16(7-9-18)19-10-12-23(20,21)13-11-19/h2-5,16H,6-14H2,1H3. The quantitative estimate of drug-likeness (QED) is 0.830. The molecule has 23 heavy (non-hydrogen) atoms. The second-order valence-corrected chi connectivity index (χ2v) is 8.81. The summed E-state index contributed by atoms with van der Waals surface area (Å²) in [6.45, 7) is 4.46. The molecule has 0 atom stereocenters. The summed E-state index contributed by atoms with van der Waals surface area (Å²) in [5.74, 6) is 1.61. The zero-order valence-corrected chi connectivity index (χ0v) is 14.6. The number of hydrogen-bond donors (Lipinski definition) is 0. The van der Waals surface area contributed by atoms with Gasteiger partial charge >= 0.3 is 0 Å². The van der Waals surface area contributed by atoms with E-state index in [1.54, 1.807) is 7.11 Å². The van der Waals surface area contributed by atoms with E-state index in [1.165, 1.54) is 5.56 Å². The van der Waals surface area contributed by atoms with Gasteiger partial charge in [0.25, 0.3) is 0 Å². The first-order chi connectivity index (χ1) is 11.1. The third-order valence-electron chi connectivity index (χ3n) is 5.04. The lowest BCUT2D eigenvalue weighted by Crippen LogP contribution is -2.50. The van der Waals surface area contributed by atoms with Crippen LogP contribution in [0.5, 0.6) is 5.75 Å². The number of methoxy groups -OCH3 is 1. The molecule has 0 bridgehead atoms. The van der Waals surface area contributed by atoms with E-state index in [9.17, 15) is 8.42 Å². The van der Waals surface area contributed by atoms with Crippen molar-refractivity contribution in [2.45, 2.75) is 25.4 Å². The lowest BCUT2D eigenvalue weighted by molar-refractivity contribution is 0.110. The monoisotopic (exact) mass is 338 g/mol. The van der Waals surface area contributed by atoms with Crippen molar-refractivity contribution in [3.05, 3.63) is 29.8 Å². The number of hydrogen-bond acceptors (Lipinski definition) is 5. The topological polar surface area (TPSA) is 49.9 Å². The minimum atomic E-state index is -2.78. The number of benzene rings is 1. The number of rotatable bonds is 4. The highest BCUT2D eigenvalue weighted by Crippen LogP contribution is 2.23. The second kappa shape index (κ2) is 7.20. The van der Waals surface area contributed by atoms with Gasteiger partial charge in [0.15, 0.2) is 9.84 Å². The van der Waals surface area contributed by atoms with Crippen molar-refractivity contribution in [1.29, 1.82) is 0 Å². The van der Waals surface area contributed by atoms with Gasteiger partial charge in [0.05, 0.1) is 18.6 Å². The third-order valence-corrected chi connectivity index (χ3v) is 6.65. The normalized spacial score (nSPS) is 23.7. The fourth-order valence-electron chi connectivity index (χ4n) is 3.61. The SMILES string of the molecule is COc1ccccc1CN1CCC(N2CCS(=O)(=O)CC2)CC1. The molecule has 2 saturated heterocycles. The molecule has 0 N–H and O–H groups in total. The van der Waals surface area contributed by atoms with Crippen molar-refractivity contribution < 1.29 is 13.2 Å². The highest BCUT2D eigenvalue weighted by molar-refractivity contribution is 7.91. The number of para-hydroxylation sites is 1. The van der Waals surface area contributed by atoms with Crippen molar-refractivity contribution in [3.63, 3.8) is 0 Å². The Hall–Kier alpha value is -1.11. The third kappa shape index (κ3) is 4.25. The second-order valence-electron chi connectivity index (χ2n) is 6.51. The number of nitrogens with zero attached hydrogens (tertiary/aromatic N) is 2. The maximum absolute atomic E-state index is 11.5. The van der Waals surface area contributed by atoms with Crippen LogP contribution >= 0.6 is 0 Å². The summed E-state index contributed by atoms with van der Waals surface area (Å²) in [4.78, 5) is 4.84. The number of piperidine rings is 1. The van der Waals surface area contributed by atoms with Crippen LogP contribution in [0.3, 0.4) is 0 Å². The van der Waals surface area contributed by atoms with Gasteiger partial charge in [0.2, 0.25) is 0 Å². The fraction of sp³-hybridized carbons (Fsp3) is 0.647. The van der Waals surface area contributed by atoms with Crippen LogP contribution < -0.4 is 4.74 Å². The van der Waals surface area contributed by atoms with Gasteiger partial charge in [-0.15, -0.1) is 0 Å². The van der Waals surface area contributed by atoms with Crippen molar-refractivity contribution in [3.8, 4) is 5.75 Å². The van der Waals surface area contributed by atoms with Crippen molar-refractivity contribution in [2.24, 2.45) is 0 Å². The summed E-state index contributed by atoms with van der Waals surface area (Å²) >= 11 is 0. The molecule has 128 valence electrons. The Balaban J connectivity index is 1.51. The van der Waals surface area contributed by atoms with Gasteiger partial charge in [0.1, 0.15) is 5.75 Å². The molecule has 0 aliphatic carbocycles. The van der Waals surface area contributed by atoms with Gasteiger partial charge < -0.3 is 4.74 Å². The molecule has 0 unspecified atom stereocenters. The Morgan fingerprint density at radius 1 is 1.09 bits per heavy atom. The Labute approximate surface area is 139 Å². The number of ether oxygens (including phenoxy) is 1. The van der Waals surface area contributed by atoms with E-state index in [0.717, 1.165) is 38.2 Å². The van der Waals surface area contributed by atoms with Gasteiger partial charge in [-0.1, -0.05) is 18.2 Å². The van der Waals surface area contributed by atoms with E-state index in [2.05, 4.69) is 21.9 Å². The average molecular weight is 338 g/mol. The van der Waals surface area contributed by atoms with Gasteiger partial charge in [-0.25, -0.2) is 8.42 Å². The summed E-state index contributed by atoms with van der Waals surface area (Å²) in [7, 11) is -1.06. The maximum Gasteiger partial charge on any atom is 0.152 e. The van der Waals surface area contributed by atoms with Crippen LogP contribution in [0.1, 0.15) is 18.4 Å². The van der Waals surface area contributed by atoms with Gasteiger partial charge in [-0.05, 0) is 32.0 Å². The molecule has 1 aromatic carbocycles. The molecule has 5 nitrogen and oxygen atoms in total. The molecule has 0 spiro atoms. The van der Waals surface area contributed by atoms with Crippen LogP contribution in [0, 0.1) is 0 Å². The maximum atomic E-state index is 11.5. The molecule has 0 radical (unpaired) electrons. The molecule has 0 saturated carbocycles. The average Bonchev–Trinajstić information content (AvgIpc) is 2.56.